The third-order valence-electron chi connectivity index (χ3n) is 8.59. The van der Waals surface area contributed by atoms with Crippen LogP contribution < -0.4 is 4.90 Å². The van der Waals surface area contributed by atoms with Crippen LogP contribution in [0.1, 0.15) is 53.7 Å². The summed E-state index contributed by atoms with van der Waals surface area (Å²) in [4.78, 5) is 45.8. The molecule has 3 atom stereocenters. The van der Waals surface area contributed by atoms with Crippen molar-refractivity contribution in [2.45, 2.75) is 24.9 Å². The summed E-state index contributed by atoms with van der Waals surface area (Å²) >= 11 is 12.4. The van der Waals surface area contributed by atoms with E-state index in [2.05, 4.69) is 6.07 Å². The third-order valence-corrected chi connectivity index (χ3v) is 9.09. The topological polar surface area (TPSA) is 54.5 Å². The van der Waals surface area contributed by atoms with Gasteiger partial charge in [-0.1, -0.05) is 83.4 Å². The number of benzene rings is 4. The zero-order chi connectivity index (χ0) is 27.8. The molecule has 0 amide bonds. The monoisotopic (exact) mass is 563 g/mol. The standard InChI is InChI=1S/C34H23Cl2NO3/c1-19-6-16-27-22(18-19)11-17-28-34(32(39)25-4-2-3-5-26(25)33(34)40)29(20-7-12-23(35)13-8-20)30(37(27)28)31(38)21-9-14-24(36)15-10-21/h2-18,28-30H,1H3/t28-,29-,30-/m0/s1. The van der Waals surface area contributed by atoms with Crippen LogP contribution in [0.5, 0.6) is 0 Å². The van der Waals surface area contributed by atoms with Crippen LogP contribution in [-0.2, 0) is 0 Å². The molecule has 4 nitrogen and oxygen atoms in total. The van der Waals surface area contributed by atoms with Gasteiger partial charge in [-0.2, -0.15) is 0 Å². The fraction of sp³-hybridized carbons (Fsp3) is 0.147. The maximum absolute atomic E-state index is 14.6. The van der Waals surface area contributed by atoms with Gasteiger partial charge in [0.1, 0.15) is 11.5 Å². The molecule has 0 N–H and O–H groups in total. The largest absolute Gasteiger partial charge is 0.352 e. The molecular weight excluding hydrogens is 541 g/mol. The van der Waals surface area contributed by atoms with Gasteiger partial charge in [0.15, 0.2) is 17.3 Å². The Hall–Kier alpha value is -3.99. The third kappa shape index (κ3) is 3.36. The van der Waals surface area contributed by atoms with E-state index in [0.29, 0.717) is 32.3 Å². The van der Waals surface area contributed by atoms with Crippen molar-refractivity contribution in [1.82, 2.24) is 0 Å². The maximum atomic E-state index is 14.6. The summed E-state index contributed by atoms with van der Waals surface area (Å²) in [7, 11) is 0. The van der Waals surface area contributed by atoms with Crippen molar-refractivity contribution in [3.05, 3.63) is 140 Å². The lowest BCUT2D eigenvalue weighted by atomic mass is 9.64. The molecule has 7 rings (SSSR count). The quantitative estimate of drug-likeness (QED) is 0.190. The van der Waals surface area contributed by atoms with Gasteiger partial charge in [-0.3, -0.25) is 14.4 Å². The minimum Gasteiger partial charge on any atom is -0.352 e. The minimum atomic E-state index is -1.54. The molecule has 40 heavy (non-hydrogen) atoms. The number of carbonyl (C=O) groups is 3. The first-order valence-electron chi connectivity index (χ1n) is 13.1. The molecule has 196 valence electrons. The highest BCUT2D eigenvalue weighted by molar-refractivity contribution is 6.33. The second kappa shape index (κ2) is 9.02. The Labute approximate surface area is 241 Å². The highest BCUT2D eigenvalue weighted by atomic mass is 35.5. The number of fused-ring (bicyclic) bond motifs is 5. The Morgan fingerprint density at radius 1 is 0.800 bits per heavy atom. The predicted molar refractivity (Wildman–Crippen MR) is 158 cm³/mol. The molecule has 6 heteroatoms. The van der Waals surface area contributed by atoms with E-state index in [4.69, 9.17) is 23.2 Å². The molecule has 0 radical (unpaired) electrons. The average Bonchev–Trinajstić information content (AvgIpc) is 3.39. The van der Waals surface area contributed by atoms with E-state index in [1.807, 2.05) is 48.2 Å². The van der Waals surface area contributed by atoms with Crippen LogP contribution >= 0.6 is 23.2 Å². The lowest BCUT2D eigenvalue weighted by molar-refractivity contribution is 0.0666. The van der Waals surface area contributed by atoms with E-state index in [9.17, 15) is 14.4 Å². The molecule has 4 aromatic carbocycles. The van der Waals surface area contributed by atoms with Crippen molar-refractivity contribution in [3.8, 4) is 0 Å². The molecule has 3 aliphatic rings. The number of aryl methyl sites for hydroxylation is 1. The smallest absolute Gasteiger partial charge is 0.185 e. The van der Waals surface area contributed by atoms with E-state index < -0.39 is 23.4 Å². The van der Waals surface area contributed by atoms with Crippen LogP contribution in [0.4, 0.5) is 5.69 Å². The number of Topliss-reactive ketones (excluding diaryl/α,β-unsaturated/α-hetero) is 3. The molecule has 4 aromatic rings. The van der Waals surface area contributed by atoms with E-state index >= 15 is 0 Å². The van der Waals surface area contributed by atoms with Crippen LogP contribution in [0.25, 0.3) is 6.08 Å². The SMILES string of the molecule is Cc1ccc2c(c1)C=C[C@@H]1N2[C@H](C(=O)c2ccc(Cl)cc2)[C@H](c2ccc(Cl)cc2)C12C(=O)c1ccccc1C2=O. The Balaban J connectivity index is 1.54. The number of halogens is 2. The number of hydrogen-bond acceptors (Lipinski definition) is 4. The second-order valence-corrected chi connectivity index (χ2v) is 11.6. The van der Waals surface area contributed by atoms with Crippen molar-refractivity contribution in [3.63, 3.8) is 0 Å². The van der Waals surface area contributed by atoms with Crippen LogP contribution in [0.3, 0.4) is 0 Å². The molecule has 1 aliphatic carbocycles. The van der Waals surface area contributed by atoms with E-state index in [0.717, 1.165) is 16.8 Å². The number of hydrogen-bond donors (Lipinski definition) is 0. The van der Waals surface area contributed by atoms with Gasteiger partial charge in [-0.05, 0) is 66.6 Å². The molecule has 2 heterocycles. The summed E-state index contributed by atoms with van der Waals surface area (Å²) < 4.78 is 0. The highest BCUT2D eigenvalue weighted by Crippen LogP contribution is 2.61. The number of ketones is 3. The van der Waals surface area contributed by atoms with E-state index in [1.165, 1.54) is 0 Å². The maximum Gasteiger partial charge on any atom is 0.185 e. The van der Waals surface area contributed by atoms with E-state index in [-0.39, 0.29) is 17.3 Å². The van der Waals surface area contributed by atoms with Crippen molar-refractivity contribution in [2.75, 3.05) is 4.90 Å². The van der Waals surface area contributed by atoms with Gasteiger partial charge in [0.2, 0.25) is 0 Å². The average molecular weight is 564 g/mol. The summed E-state index contributed by atoms with van der Waals surface area (Å²) in [5.74, 6) is -1.47. The number of anilines is 1. The minimum absolute atomic E-state index is 0.183. The van der Waals surface area contributed by atoms with Gasteiger partial charge >= 0.3 is 0 Å². The van der Waals surface area contributed by atoms with Gasteiger partial charge in [-0.25, -0.2) is 0 Å². The van der Waals surface area contributed by atoms with Crippen LogP contribution in [-0.4, -0.2) is 29.4 Å². The van der Waals surface area contributed by atoms with Crippen molar-refractivity contribution in [1.29, 1.82) is 0 Å². The lowest BCUT2D eigenvalue weighted by Crippen LogP contribution is -2.48. The van der Waals surface area contributed by atoms with Crippen LogP contribution in [0.2, 0.25) is 10.0 Å². The molecular formula is C34H23Cl2NO3. The van der Waals surface area contributed by atoms with Crippen LogP contribution in [0, 0.1) is 12.3 Å². The zero-order valence-corrected chi connectivity index (χ0v) is 23.0. The molecule has 2 aliphatic heterocycles. The zero-order valence-electron chi connectivity index (χ0n) is 21.5. The fourth-order valence-corrected chi connectivity index (χ4v) is 7.18. The number of carbonyl (C=O) groups excluding carboxylic acids is 3. The molecule has 1 fully saturated rings. The van der Waals surface area contributed by atoms with Crippen molar-refractivity contribution < 1.29 is 14.4 Å². The predicted octanol–water partition coefficient (Wildman–Crippen LogP) is 7.62. The fourth-order valence-electron chi connectivity index (χ4n) is 6.92. The second-order valence-electron chi connectivity index (χ2n) is 10.7. The summed E-state index contributed by atoms with van der Waals surface area (Å²) in [6.45, 7) is 2.01. The first kappa shape index (κ1) is 25.0. The summed E-state index contributed by atoms with van der Waals surface area (Å²) in [6, 6.07) is 25.4. The summed E-state index contributed by atoms with van der Waals surface area (Å²) in [5, 5.41) is 1.05. The van der Waals surface area contributed by atoms with Gasteiger partial charge in [0.25, 0.3) is 0 Å². The highest BCUT2D eigenvalue weighted by Gasteiger charge is 2.71. The van der Waals surface area contributed by atoms with Crippen LogP contribution in [0.15, 0.2) is 97.1 Å². The normalized spacial score (nSPS) is 21.9. The van der Waals surface area contributed by atoms with Gasteiger partial charge in [0.05, 0.1) is 6.04 Å². The Morgan fingerprint density at radius 3 is 2.02 bits per heavy atom. The van der Waals surface area contributed by atoms with Gasteiger partial charge in [-0.15, -0.1) is 0 Å². The molecule has 0 aromatic heterocycles. The molecule has 0 saturated carbocycles. The van der Waals surface area contributed by atoms with E-state index in [1.54, 1.807) is 60.7 Å². The van der Waals surface area contributed by atoms with Gasteiger partial charge < -0.3 is 4.90 Å². The summed E-state index contributed by atoms with van der Waals surface area (Å²) in [5.41, 5.74) is 3.26. The van der Waals surface area contributed by atoms with Crippen molar-refractivity contribution >= 4 is 52.3 Å². The number of rotatable bonds is 3. The first-order valence-corrected chi connectivity index (χ1v) is 13.9. The Morgan fingerprint density at radius 2 is 1.40 bits per heavy atom. The Bertz CT molecular complexity index is 1720. The van der Waals surface area contributed by atoms with Crippen molar-refractivity contribution in [2.24, 2.45) is 5.41 Å². The lowest BCUT2D eigenvalue weighted by Gasteiger charge is -2.37. The van der Waals surface area contributed by atoms with Gasteiger partial charge in [0, 0.05) is 38.3 Å². The number of nitrogens with zero attached hydrogens (tertiary/aromatic N) is 1. The molecule has 1 saturated heterocycles. The molecule has 1 spiro atoms. The molecule has 0 bridgehead atoms. The first-order chi connectivity index (χ1) is 19.3. The Kier molecular flexibility index (Phi) is 5.64. The molecule has 0 unspecified atom stereocenters. The summed E-state index contributed by atoms with van der Waals surface area (Å²) in [6.07, 6.45) is 3.91.